The first-order chi connectivity index (χ1) is 8.83. The average Bonchev–Trinajstić information content (AvgIpc) is 2.93. The van der Waals surface area contributed by atoms with Gasteiger partial charge in [0.15, 0.2) is 0 Å². The van der Waals surface area contributed by atoms with Crippen molar-refractivity contribution in [1.82, 2.24) is 24.5 Å². The highest BCUT2D eigenvalue weighted by Gasteiger charge is 2.16. The van der Waals surface area contributed by atoms with E-state index in [4.69, 9.17) is 10.5 Å². The van der Waals surface area contributed by atoms with Gasteiger partial charge in [-0.3, -0.25) is 4.57 Å². The molecular weight excluding hydrogens is 234 g/mol. The largest absolute Gasteiger partial charge is 0.378 e. The number of nitrogens with zero attached hydrogens (tertiary/aromatic N) is 6. The maximum Gasteiger partial charge on any atom is 0.241 e. The van der Waals surface area contributed by atoms with Gasteiger partial charge in [0.2, 0.25) is 17.8 Å². The monoisotopic (exact) mass is 247 g/mol. The summed E-state index contributed by atoms with van der Waals surface area (Å²) < 4.78 is 6.99. The molecule has 94 valence electrons. The van der Waals surface area contributed by atoms with Crippen molar-refractivity contribution in [3.05, 3.63) is 18.7 Å². The molecule has 2 aromatic rings. The molecule has 0 aliphatic carbocycles. The van der Waals surface area contributed by atoms with E-state index in [1.807, 2.05) is 4.90 Å². The Morgan fingerprint density at radius 1 is 1.11 bits per heavy atom. The first-order valence-electron chi connectivity index (χ1n) is 5.65. The molecule has 18 heavy (non-hydrogen) atoms. The van der Waals surface area contributed by atoms with Crippen molar-refractivity contribution < 1.29 is 4.74 Å². The molecule has 2 N–H and O–H groups in total. The molecule has 0 spiro atoms. The second-order valence-electron chi connectivity index (χ2n) is 3.86. The third kappa shape index (κ3) is 2.09. The van der Waals surface area contributed by atoms with E-state index >= 15 is 0 Å². The van der Waals surface area contributed by atoms with E-state index in [1.54, 1.807) is 23.3 Å². The van der Waals surface area contributed by atoms with E-state index in [0.29, 0.717) is 25.1 Å². The van der Waals surface area contributed by atoms with Gasteiger partial charge in [-0.2, -0.15) is 15.0 Å². The average molecular weight is 247 g/mol. The number of nitrogen functional groups attached to an aromatic ring is 1. The quantitative estimate of drug-likeness (QED) is 0.762. The molecule has 1 saturated heterocycles. The Balaban J connectivity index is 1.95. The summed E-state index contributed by atoms with van der Waals surface area (Å²) in [7, 11) is 0. The molecule has 0 bridgehead atoms. The molecule has 0 aromatic carbocycles. The maximum atomic E-state index is 5.72. The summed E-state index contributed by atoms with van der Waals surface area (Å²) in [4.78, 5) is 18.6. The zero-order valence-electron chi connectivity index (χ0n) is 9.73. The van der Waals surface area contributed by atoms with Gasteiger partial charge in [0.25, 0.3) is 0 Å². The third-order valence-electron chi connectivity index (χ3n) is 2.66. The van der Waals surface area contributed by atoms with Crippen molar-refractivity contribution >= 4 is 11.9 Å². The standard InChI is InChI=1S/C10H13N7O/c11-8-13-9(16-3-5-18-6-4-16)15-10(14-8)17-2-1-12-7-17/h1-2,7H,3-6H2,(H2,11,13,14,15). The SMILES string of the molecule is Nc1nc(N2CCOCC2)nc(-n2ccnc2)n1. The van der Waals surface area contributed by atoms with E-state index < -0.39 is 0 Å². The summed E-state index contributed by atoms with van der Waals surface area (Å²) in [5.41, 5.74) is 5.72. The Hall–Kier alpha value is -2.22. The second-order valence-corrected chi connectivity index (χ2v) is 3.86. The highest BCUT2D eigenvalue weighted by molar-refractivity contribution is 5.38. The molecule has 8 nitrogen and oxygen atoms in total. The van der Waals surface area contributed by atoms with Gasteiger partial charge in [-0.1, -0.05) is 0 Å². The summed E-state index contributed by atoms with van der Waals surface area (Å²) in [6.07, 6.45) is 5.05. The van der Waals surface area contributed by atoms with Gasteiger partial charge in [-0.05, 0) is 0 Å². The zero-order valence-corrected chi connectivity index (χ0v) is 9.73. The van der Waals surface area contributed by atoms with Gasteiger partial charge >= 0.3 is 0 Å². The number of morpholine rings is 1. The van der Waals surface area contributed by atoms with Crippen molar-refractivity contribution in [3.63, 3.8) is 0 Å². The minimum Gasteiger partial charge on any atom is -0.378 e. The Kier molecular flexibility index (Phi) is 2.77. The fraction of sp³-hybridized carbons (Fsp3) is 0.400. The Labute approximate surface area is 103 Å². The Morgan fingerprint density at radius 3 is 2.61 bits per heavy atom. The van der Waals surface area contributed by atoms with Crippen molar-refractivity contribution in [2.45, 2.75) is 0 Å². The van der Waals surface area contributed by atoms with Crippen molar-refractivity contribution in [3.8, 4) is 5.95 Å². The smallest absolute Gasteiger partial charge is 0.241 e. The summed E-state index contributed by atoms with van der Waals surface area (Å²) in [5, 5.41) is 0. The van der Waals surface area contributed by atoms with Gasteiger partial charge < -0.3 is 15.4 Å². The first kappa shape index (κ1) is 10.9. The van der Waals surface area contributed by atoms with E-state index in [1.165, 1.54) is 0 Å². The molecule has 0 amide bonds. The molecule has 2 aromatic heterocycles. The number of imidazole rings is 1. The van der Waals surface area contributed by atoms with Crippen LogP contribution in [0.5, 0.6) is 0 Å². The van der Waals surface area contributed by atoms with E-state index in [0.717, 1.165) is 13.1 Å². The molecular formula is C10H13N7O. The van der Waals surface area contributed by atoms with Crippen LogP contribution in [0.2, 0.25) is 0 Å². The Morgan fingerprint density at radius 2 is 1.89 bits per heavy atom. The first-order valence-corrected chi connectivity index (χ1v) is 5.65. The van der Waals surface area contributed by atoms with Crippen molar-refractivity contribution in [1.29, 1.82) is 0 Å². The molecule has 1 aliphatic rings. The molecule has 1 aliphatic heterocycles. The molecule has 1 fully saturated rings. The fourth-order valence-corrected chi connectivity index (χ4v) is 1.77. The van der Waals surface area contributed by atoms with E-state index in [9.17, 15) is 0 Å². The van der Waals surface area contributed by atoms with Crippen molar-refractivity contribution in [2.75, 3.05) is 36.9 Å². The number of hydrogen-bond donors (Lipinski definition) is 1. The fourth-order valence-electron chi connectivity index (χ4n) is 1.77. The lowest BCUT2D eigenvalue weighted by molar-refractivity contribution is 0.122. The van der Waals surface area contributed by atoms with Crippen LogP contribution in [0.3, 0.4) is 0 Å². The number of aromatic nitrogens is 5. The maximum absolute atomic E-state index is 5.72. The summed E-state index contributed by atoms with van der Waals surface area (Å²) >= 11 is 0. The van der Waals surface area contributed by atoms with Gasteiger partial charge in [0.05, 0.1) is 13.2 Å². The zero-order chi connectivity index (χ0) is 12.4. The highest BCUT2D eigenvalue weighted by atomic mass is 16.5. The van der Waals surface area contributed by atoms with Gasteiger partial charge in [-0.15, -0.1) is 0 Å². The van der Waals surface area contributed by atoms with E-state index in [-0.39, 0.29) is 5.95 Å². The van der Waals surface area contributed by atoms with Crippen LogP contribution in [0.25, 0.3) is 5.95 Å². The van der Waals surface area contributed by atoms with Crippen LogP contribution >= 0.6 is 0 Å². The number of nitrogens with two attached hydrogens (primary N) is 1. The lowest BCUT2D eigenvalue weighted by atomic mass is 10.4. The van der Waals surface area contributed by atoms with Crippen LogP contribution in [-0.4, -0.2) is 50.8 Å². The van der Waals surface area contributed by atoms with Gasteiger partial charge in [0.1, 0.15) is 6.33 Å². The summed E-state index contributed by atoms with van der Waals surface area (Å²) in [6.45, 7) is 2.86. The van der Waals surface area contributed by atoms with Crippen LogP contribution < -0.4 is 10.6 Å². The lowest BCUT2D eigenvalue weighted by Crippen LogP contribution is -2.37. The minimum atomic E-state index is 0.204. The van der Waals surface area contributed by atoms with Crippen molar-refractivity contribution in [2.24, 2.45) is 0 Å². The molecule has 0 radical (unpaired) electrons. The Bertz CT molecular complexity index is 521. The lowest BCUT2D eigenvalue weighted by Gasteiger charge is -2.26. The number of anilines is 2. The summed E-state index contributed by atoms with van der Waals surface area (Å²) in [6, 6.07) is 0. The molecule has 0 atom stereocenters. The molecule has 3 heterocycles. The number of rotatable bonds is 2. The topological polar surface area (TPSA) is 95.0 Å². The number of ether oxygens (including phenoxy) is 1. The highest BCUT2D eigenvalue weighted by Crippen LogP contribution is 2.13. The van der Waals surface area contributed by atoms with Crippen LogP contribution in [0.1, 0.15) is 0 Å². The molecule has 0 unspecified atom stereocenters. The van der Waals surface area contributed by atoms with Crippen LogP contribution in [0.15, 0.2) is 18.7 Å². The van der Waals surface area contributed by atoms with Crippen LogP contribution in [-0.2, 0) is 4.74 Å². The van der Waals surface area contributed by atoms with Gasteiger partial charge in [0, 0.05) is 25.5 Å². The molecule has 0 saturated carbocycles. The van der Waals surface area contributed by atoms with E-state index in [2.05, 4.69) is 19.9 Å². The predicted molar refractivity (Wildman–Crippen MR) is 64.4 cm³/mol. The predicted octanol–water partition coefficient (Wildman–Crippen LogP) is -0.524. The second kappa shape index (κ2) is 4.57. The molecule has 3 rings (SSSR count). The normalized spacial score (nSPS) is 15.9. The summed E-state index contributed by atoms with van der Waals surface area (Å²) in [5.74, 6) is 1.26. The van der Waals surface area contributed by atoms with Gasteiger partial charge in [-0.25, -0.2) is 4.98 Å². The molecule has 8 heteroatoms. The van der Waals surface area contributed by atoms with Crippen LogP contribution in [0, 0.1) is 0 Å². The minimum absolute atomic E-state index is 0.204. The number of hydrogen-bond acceptors (Lipinski definition) is 7. The third-order valence-corrected chi connectivity index (χ3v) is 2.66. The van der Waals surface area contributed by atoms with Crippen LogP contribution in [0.4, 0.5) is 11.9 Å².